The number of phenolic OH excluding ortho intramolecular Hbond substituents is 1. The number of nitrogens with one attached hydrogen (secondary N) is 1. The highest BCUT2D eigenvalue weighted by Crippen LogP contribution is 2.31. The van der Waals surface area contributed by atoms with E-state index in [0.717, 1.165) is 6.07 Å². The quantitative estimate of drug-likeness (QED) is 0.513. The SMILES string of the molecule is CC(=O)[C@H](CCC(=O)Cc1cc(Cl)cc(S(=O)(=O)O)c1O)NC(=O)OC(C)(C)C. The van der Waals surface area contributed by atoms with Crippen molar-refractivity contribution >= 4 is 39.4 Å². The number of halogens is 1. The largest absolute Gasteiger partial charge is 0.506 e. The number of carbonyl (C=O) groups is 3. The van der Waals surface area contributed by atoms with Crippen molar-refractivity contribution in [2.45, 2.75) is 63.5 Å². The minimum Gasteiger partial charge on any atom is -0.506 e. The Labute approximate surface area is 174 Å². The van der Waals surface area contributed by atoms with Gasteiger partial charge in [0.1, 0.15) is 22.0 Å². The maximum absolute atomic E-state index is 12.3. The third kappa shape index (κ3) is 8.38. The van der Waals surface area contributed by atoms with Crippen molar-refractivity contribution in [1.29, 1.82) is 0 Å². The number of phenols is 1. The van der Waals surface area contributed by atoms with E-state index in [1.807, 2.05) is 0 Å². The predicted octanol–water partition coefficient (Wildman–Crippen LogP) is 2.67. The van der Waals surface area contributed by atoms with Crippen LogP contribution in [0.5, 0.6) is 5.75 Å². The van der Waals surface area contributed by atoms with Crippen molar-refractivity contribution < 1.29 is 37.2 Å². The first-order valence-corrected chi connectivity index (χ1v) is 10.4. The van der Waals surface area contributed by atoms with Crippen LogP contribution in [0.1, 0.15) is 46.1 Å². The Balaban J connectivity index is 2.83. The minimum atomic E-state index is -4.73. The van der Waals surface area contributed by atoms with Crippen molar-refractivity contribution in [2.24, 2.45) is 0 Å². The topological polar surface area (TPSA) is 147 Å². The number of ether oxygens (including phenoxy) is 1. The molecule has 1 rings (SSSR count). The molecule has 0 saturated carbocycles. The Morgan fingerprint density at radius 1 is 1.24 bits per heavy atom. The Bertz CT molecular complexity index is 905. The van der Waals surface area contributed by atoms with Gasteiger partial charge in [-0.3, -0.25) is 14.1 Å². The van der Waals surface area contributed by atoms with Gasteiger partial charge in [-0.1, -0.05) is 11.6 Å². The summed E-state index contributed by atoms with van der Waals surface area (Å²) in [6.07, 6.45) is -1.34. The van der Waals surface area contributed by atoms with Gasteiger partial charge in [-0.2, -0.15) is 8.42 Å². The molecule has 1 atom stereocenters. The Kier molecular flexibility index (Phi) is 8.19. The number of alkyl carbamates (subject to hydrolysis) is 1. The van der Waals surface area contributed by atoms with E-state index in [1.165, 1.54) is 13.0 Å². The normalized spacial score (nSPS) is 12.9. The molecule has 0 aliphatic heterocycles. The molecule has 9 nitrogen and oxygen atoms in total. The molecule has 0 fully saturated rings. The summed E-state index contributed by atoms with van der Waals surface area (Å²) in [5.74, 6) is -1.59. The van der Waals surface area contributed by atoms with E-state index in [0.29, 0.717) is 0 Å². The molecule has 1 amide bonds. The molecule has 0 saturated heterocycles. The van der Waals surface area contributed by atoms with Crippen LogP contribution in [-0.2, 0) is 30.9 Å². The number of carbonyl (C=O) groups excluding carboxylic acids is 3. The first-order chi connectivity index (χ1) is 13.1. The lowest BCUT2D eigenvalue weighted by Crippen LogP contribution is -2.42. The van der Waals surface area contributed by atoms with E-state index in [2.05, 4.69) is 5.32 Å². The molecule has 3 N–H and O–H groups in total. The molecule has 0 aromatic heterocycles. The Hall–Kier alpha value is -2.17. The molecule has 29 heavy (non-hydrogen) atoms. The lowest BCUT2D eigenvalue weighted by molar-refractivity contribution is -0.120. The van der Waals surface area contributed by atoms with Gasteiger partial charge in [0.2, 0.25) is 0 Å². The van der Waals surface area contributed by atoms with Gasteiger partial charge in [-0.15, -0.1) is 0 Å². The number of benzene rings is 1. The zero-order chi connectivity index (χ0) is 22.6. The minimum absolute atomic E-state index is 0.0140. The summed E-state index contributed by atoms with van der Waals surface area (Å²) >= 11 is 5.79. The van der Waals surface area contributed by atoms with Crippen LogP contribution in [0, 0.1) is 0 Å². The fraction of sp³-hybridized carbons (Fsp3) is 0.500. The summed E-state index contributed by atoms with van der Waals surface area (Å²) in [4.78, 5) is 35.0. The number of rotatable bonds is 8. The van der Waals surface area contributed by atoms with E-state index in [1.54, 1.807) is 20.8 Å². The molecule has 0 aliphatic rings. The third-order valence-corrected chi connectivity index (χ3v) is 4.76. The van der Waals surface area contributed by atoms with Gasteiger partial charge in [0.15, 0.2) is 5.78 Å². The lowest BCUT2D eigenvalue weighted by atomic mass is 10.0. The van der Waals surface area contributed by atoms with Crippen molar-refractivity contribution in [3.63, 3.8) is 0 Å². The van der Waals surface area contributed by atoms with Crippen LogP contribution in [0.15, 0.2) is 17.0 Å². The highest BCUT2D eigenvalue weighted by molar-refractivity contribution is 7.86. The van der Waals surface area contributed by atoms with Crippen molar-refractivity contribution in [2.75, 3.05) is 0 Å². The molecule has 0 radical (unpaired) electrons. The number of amides is 1. The number of Topliss-reactive ketones (excluding diaryl/α,β-unsaturated/α-hetero) is 2. The predicted molar refractivity (Wildman–Crippen MR) is 105 cm³/mol. The van der Waals surface area contributed by atoms with E-state index in [-0.39, 0.29) is 35.6 Å². The van der Waals surface area contributed by atoms with Gasteiger partial charge in [-0.25, -0.2) is 4.79 Å². The zero-order valence-electron chi connectivity index (χ0n) is 16.5. The second-order valence-electron chi connectivity index (χ2n) is 7.45. The second kappa shape index (κ2) is 9.55. The van der Waals surface area contributed by atoms with Crippen LogP contribution in [0.4, 0.5) is 4.79 Å². The fourth-order valence-electron chi connectivity index (χ4n) is 2.39. The van der Waals surface area contributed by atoms with Crippen LogP contribution in [0.2, 0.25) is 5.02 Å². The maximum Gasteiger partial charge on any atom is 0.408 e. The van der Waals surface area contributed by atoms with Gasteiger partial charge in [0.05, 0.1) is 6.04 Å². The van der Waals surface area contributed by atoms with Crippen LogP contribution in [-0.4, -0.2) is 47.4 Å². The van der Waals surface area contributed by atoms with Gasteiger partial charge >= 0.3 is 6.09 Å². The Morgan fingerprint density at radius 2 is 1.83 bits per heavy atom. The highest BCUT2D eigenvalue weighted by atomic mass is 35.5. The number of hydrogen-bond acceptors (Lipinski definition) is 7. The molecule has 162 valence electrons. The van der Waals surface area contributed by atoms with Crippen LogP contribution >= 0.6 is 11.6 Å². The second-order valence-corrected chi connectivity index (χ2v) is 9.28. The van der Waals surface area contributed by atoms with Crippen LogP contribution in [0.25, 0.3) is 0 Å². The number of hydrogen-bond donors (Lipinski definition) is 3. The van der Waals surface area contributed by atoms with Crippen LogP contribution in [0.3, 0.4) is 0 Å². The smallest absolute Gasteiger partial charge is 0.408 e. The summed E-state index contributed by atoms with van der Waals surface area (Å²) in [5, 5.41) is 12.3. The molecule has 1 aromatic carbocycles. The molecular formula is C18H24ClNO8S. The van der Waals surface area contributed by atoms with Gasteiger partial charge in [-0.05, 0) is 46.2 Å². The molecule has 0 aliphatic carbocycles. The molecule has 11 heteroatoms. The number of aromatic hydroxyl groups is 1. The summed E-state index contributed by atoms with van der Waals surface area (Å²) in [6, 6.07) is 1.11. The number of ketones is 2. The van der Waals surface area contributed by atoms with Gasteiger partial charge in [0, 0.05) is 23.4 Å². The first-order valence-electron chi connectivity index (χ1n) is 8.60. The van der Waals surface area contributed by atoms with E-state index in [9.17, 15) is 27.9 Å². The molecule has 0 spiro atoms. The van der Waals surface area contributed by atoms with E-state index >= 15 is 0 Å². The Morgan fingerprint density at radius 3 is 2.31 bits per heavy atom. The molecule has 0 bridgehead atoms. The molecule has 0 unspecified atom stereocenters. The van der Waals surface area contributed by atoms with Crippen molar-refractivity contribution in [3.05, 3.63) is 22.7 Å². The third-order valence-electron chi connectivity index (χ3n) is 3.68. The average molecular weight is 450 g/mol. The molecule has 1 aromatic rings. The summed E-state index contributed by atoms with van der Waals surface area (Å²) in [5.41, 5.74) is -0.842. The van der Waals surface area contributed by atoms with Crippen molar-refractivity contribution in [3.8, 4) is 5.75 Å². The monoisotopic (exact) mass is 449 g/mol. The van der Waals surface area contributed by atoms with E-state index < -0.39 is 44.3 Å². The van der Waals surface area contributed by atoms with Gasteiger partial charge < -0.3 is 15.2 Å². The van der Waals surface area contributed by atoms with E-state index in [4.69, 9.17) is 20.9 Å². The molecule has 0 heterocycles. The lowest BCUT2D eigenvalue weighted by Gasteiger charge is -2.22. The average Bonchev–Trinajstić information content (AvgIpc) is 2.51. The maximum atomic E-state index is 12.3. The van der Waals surface area contributed by atoms with Crippen molar-refractivity contribution in [1.82, 2.24) is 5.32 Å². The fourth-order valence-corrected chi connectivity index (χ4v) is 3.35. The molecular weight excluding hydrogens is 426 g/mol. The standard InChI is InChI=1S/C18H24ClNO8S/c1-10(21)14(20-17(24)28-18(2,3)4)6-5-13(22)8-11-7-12(19)9-15(16(11)23)29(25,26)27/h7,9,14,23H,5-6,8H2,1-4H3,(H,20,24)(H,25,26,27)/t14-/m0/s1. The zero-order valence-corrected chi connectivity index (χ0v) is 18.1. The highest BCUT2D eigenvalue weighted by Gasteiger charge is 2.24. The van der Waals surface area contributed by atoms with Crippen LogP contribution < -0.4 is 5.32 Å². The summed E-state index contributed by atoms with van der Waals surface area (Å²) in [7, 11) is -4.73. The summed E-state index contributed by atoms with van der Waals surface area (Å²) < 4.78 is 36.8. The summed E-state index contributed by atoms with van der Waals surface area (Å²) in [6.45, 7) is 6.25. The van der Waals surface area contributed by atoms with Gasteiger partial charge in [0.25, 0.3) is 10.1 Å². The first kappa shape index (κ1) is 24.9.